The van der Waals surface area contributed by atoms with Crippen molar-refractivity contribution >= 4 is 16.9 Å². The fraction of sp³-hybridized carbons (Fsp3) is 0.333. The molecule has 0 aliphatic carbocycles. The van der Waals surface area contributed by atoms with E-state index in [4.69, 9.17) is 5.11 Å². The molecular formula is C15H17NO3. The van der Waals surface area contributed by atoms with Crippen LogP contribution in [-0.4, -0.2) is 16.1 Å². The van der Waals surface area contributed by atoms with Crippen molar-refractivity contribution in [2.75, 3.05) is 0 Å². The van der Waals surface area contributed by atoms with E-state index in [9.17, 15) is 9.59 Å². The molecule has 4 nitrogen and oxygen atoms in total. The fourth-order valence-electron chi connectivity index (χ4n) is 2.30. The number of pyridine rings is 1. The van der Waals surface area contributed by atoms with Crippen LogP contribution in [0.4, 0.5) is 0 Å². The first-order chi connectivity index (χ1) is 9.06. The number of benzene rings is 1. The highest BCUT2D eigenvalue weighted by molar-refractivity contribution is 6.01. The lowest BCUT2D eigenvalue weighted by Gasteiger charge is -2.09. The van der Waals surface area contributed by atoms with Gasteiger partial charge in [0, 0.05) is 16.6 Å². The van der Waals surface area contributed by atoms with E-state index in [1.165, 1.54) is 6.07 Å². The summed E-state index contributed by atoms with van der Waals surface area (Å²) in [5.41, 5.74) is 2.02. The molecule has 2 aromatic rings. The van der Waals surface area contributed by atoms with Crippen molar-refractivity contribution in [1.29, 1.82) is 0 Å². The summed E-state index contributed by atoms with van der Waals surface area (Å²) in [7, 11) is 0. The summed E-state index contributed by atoms with van der Waals surface area (Å²) < 4.78 is 0. The Balaban J connectivity index is 2.73. The molecule has 0 radical (unpaired) electrons. The number of carboxylic acids is 1. The number of aromatic carboxylic acids is 1. The Bertz CT molecular complexity index is 686. The lowest BCUT2D eigenvalue weighted by atomic mass is 10.0. The van der Waals surface area contributed by atoms with E-state index in [0.717, 1.165) is 30.5 Å². The Hall–Kier alpha value is -2.10. The number of aromatic amines is 1. The van der Waals surface area contributed by atoms with E-state index in [0.29, 0.717) is 10.9 Å². The minimum absolute atomic E-state index is 0.0530. The van der Waals surface area contributed by atoms with E-state index in [-0.39, 0.29) is 11.0 Å². The highest BCUT2D eigenvalue weighted by Crippen LogP contribution is 2.17. The fourth-order valence-corrected chi connectivity index (χ4v) is 2.30. The molecule has 1 heterocycles. The van der Waals surface area contributed by atoms with Gasteiger partial charge < -0.3 is 10.1 Å². The quantitative estimate of drug-likeness (QED) is 0.887. The molecule has 0 amide bonds. The average Bonchev–Trinajstić information content (AvgIpc) is 2.37. The highest BCUT2D eigenvalue weighted by atomic mass is 16.4. The normalized spacial score (nSPS) is 10.8. The predicted octanol–water partition coefficient (Wildman–Crippen LogP) is 2.88. The van der Waals surface area contributed by atoms with Gasteiger partial charge in [0.1, 0.15) is 0 Å². The van der Waals surface area contributed by atoms with E-state index in [2.05, 4.69) is 11.9 Å². The number of fused-ring (bicyclic) bond motifs is 1. The molecule has 2 N–H and O–H groups in total. The van der Waals surface area contributed by atoms with Crippen LogP contribution in [-0.2, 0) is 6.42 Å². The summed E-state index contributed by atoms with van der Waals surface area (Å²) in [6.07, 6.45) is 2.70. The standard InChI is InChI=1S/C15H17NO3/c1-3-4-6-10-9(2)16-13-11(14(10)17)7-5-8-12(13)15(18)19/h5,7-8H,3-4,6H2,1-2H3,(H,16,17)(H,18,19). The van der Waals surface area contributed by atoms with E-state index in [1.807, 2.05) is 6.92 Å². The van der Waals surface area contributed by atoms with Crippen molar-refractivity contribution in [3.63, 3.8) is 0 Å². The molecule has 0 saturated heterocycles. The van der Waals surface area contributed by atoms with Gasteiger partial charge in [0.25, 0.3) is 0 Å². The van der Waals surface area contributed by atoms with Gasteiger partial charge in [0.15, 0.2) is 5.43 Å². The number of carboxylic acid groups (broad SMARTS) is 1. The van der Waals surface area contributed by atoms with Crippen molar-refractivity contribution in [3.8, 4) is 0 Å². The molecule has 19 heavy (non-hydrogen) atoms. The van der Waals surface area contributed by atoms with Crippen LogP contribution in [0.5, 0.6) is 0 Å². The number of rotatable bonds is 4. The Morgan fingerprint density at radius 3 is 2.74 bits per heavy atom. The third kappa shape index (κ3) is 2.38. The second-order valence-electron chi connectivity index (χ2n) is 4.69. The predicted molar refractivity (Wildman–Crippen MR) is 74.9 cm³/mol. The third-order valence-corrected chi connectivity index (χ3v) is 3.36. The van der Waals surface area contributed by atoms with Crippen molar-refractivity contribution in [1.82, 2.24) is 4.98 Å². The van der Waals surface area contributed by atoms with Gasteiger partial charge in [-0.3, -0.25) is 4.79 Å². The van der Waals surface area contributed by atoms with Gasteiger partial charge in [-0.05, 0) is 31.9 Å². The average molecular weight is 259 g/mol. The zero-order valence-electron chi connectivity index (χ0n) is 11.1. The molecular weight excluding hydrogens is 242 g/mol. The minimum atomic E-state index is -1.03. The first-order valence-electron chi connectivity index (χ1n) is 6.44. The Morgan fingerprint density at radius 2 is 2.11 bits per heavy atom. The van der Waals surface area contributed by atoms with E-state index >= 15 is 0 Å². The first kappa shape index (κ1) is 13.3. The largest absolute Gasteiger partial charge is 0.478 e. The van der Waals surface area contributed by atoms with Gasteiger partial charge in [0.05, 0.1) is 11.1 Å². The van der Waals surface area contributed by atoms with Gasteiger partial charge in [-0.25, -0.2) is 4.79 Å². The SMILES string of the molecule is CCCCc1c(C)[nH]c2c(C(=O)O)cccc2c1=O. The number of hydrogen-bond acceptors (Lipinski definition) is 2. The number of carbonyl (C=O) groups is 1. The molecule has 1 aromatic carbocycles. The number of aryl methyl sites for hydroxylation is 1. The van der Waals surface area contributed by atoms with Gasteiger partial charge in [-0.1, -0.05) is 19.4 Å². The number of nitrogens with one attached hydrogen (secondary N) is 1. The van der Waals surface area contributed by atoms with E-state index in [1.54, 1.807) is 12.1 Å². The molecule has 0 spiro atoms. The summed E-state index contributed by atoms with van der Waals surface area (Å²) in [4.78, 5) is 26.7. The molecule has 0 aliphatic rings. The molecule has 2 rings (SSSR count). The second kappa shape index (κ2) is 5.26. The topological polar surface area (TPSA) is 70.2 Å². The van der Waals surface area contributed by atoms with Crippen LogP contribution >= 0.6 is 0 Å². The molecule has 1 aromatic heterocycles. The van der Waals surface area contributed by atoms with Crippen molar-refractivity contribution in [3.05, 3.63) is 45.2 Å². The zero-order valence-corrected chi connectivity index (χ0v) is 11.1. The van der Waals surface area contributed by atoms with Crippen LogP contribution in [0, 0.1) is 6.92 Å². The Morgan fingerprint density at radius 1 is 1.37 bits per heavy atom. The zero-order chi connectivity index (χ0) is 14.0. The van der Waals surface area contributed by atoms with Crippen LogP contribution in [0.1, 0.15) is 41.4 Å². The Labute approximate surface area is 111 Å². The van der Waals surface area contributed by atoms with Crippen LogP contribution in [0.3, 0.4) is 0 Å². The summed E-state index contributed by atoms with van der Waals surface area (Å²) in [6, 6.07) is 4.79. The van der Waals surface area contributed by atoms with Gasteiger partial charge in [-0.2, -0.15) is 0 Å². The third-order valence-electron chi connectivity index (χ3n) is 3.36. The summed E-state index contributed by atoms with van der Waals surface area (Å²) in [5, 5.41) is 9.61. The lowest BCUT2D eigenvalue weighted by molar-refractivity contribution is 0.0699. The van der Waals surface area contributed by atoms with Gasteiger partial charge in [0.2, 0.25) is 0 Å². The lowest BCUT2D eigenvalue weighted by Crippen LogP contribution is -2.15. The smallest absolute Gasteiger partial charge is 0.337 e. The number of para-hydroxylation sites is 1. The number of hydrogen-bond donors (Lipinski definition) is 2. The summed E-state index contributed by atoms with van der Waals surface area (Å²) in [5.74, 6) is -1.03. The molecule has 0 unspecified atom stereocenters. The highest BCUT2D eigenvalue weighted by Gasteiger charge is 2.14. The second-order valence-corrected chi connectivity index (χ2v) is 4.69. The van der Waals surface area contributed by atoms with Crippen molar-refractivity contribution in [2.45, 2.75) is 33.1 Å². The minimum Gasteiger partial charge on any atom is -0.478 e. The van der Waals surface area contributed by atoms with Crippen molar-refractivity contribution < 1.29 is 9.90 Å². The maximum absolute atomic E-state index is 12.4. The molecule has 0 atom stereocenters. The maximum atomic E-state index is 12.4. The molecule has 0 saturated carbocycles. The molecule has 0 fully saturated rings. The number of aromatic nitrogens is 1. The molecule has 0 bridgehead atoms. The summed E-state index contributed by atoms with van der Waals surface area (Å²) >= 11 is 0. The van der Waals surface area contributed by atoms with E-state index < -0.39 is 5.97 Å². The monoisotopic (exact) mass is 259 g/mol. The van der Waals surface area contributed by atoms with Gasteiger partial charge in [-0.15, -0.1) is 0 Å². The van der Waals surface area contributed by atoms with Crippen LogP contribution in [0.15, 0.2) is 23.0 Å². The van der Waals surface area contributed by atoms with Crippen LogP contribution in [0.2, 0.25) is 0 Å². The number of unbranched alkanes of at least 4 members (excludes halogenated alkanes) is 1. The first-order valence-corrected chi connectivity index (χ1v) is 6.44. The molecule has 0 aliphatic heterocycles. The Kier molecular flexibility index (Phi) is 3.69. The molecule has 100 valence electrons. The van der Waals surface area contributed by atoms with Crippen LogP contribution < -0.4 is 5.43 Å². The number of H-pyrrole nitrogens is 1. The summed E-state index contributed by atoms with van der Waals surface area (Å²) in [6.45, 7) is 3.90. The molecule has 4 heteroatoms. The van der Waals surface area contributed by atoms with Crippen LogP contribution in [0.25, 0.3) is 10.9 Å². The maximum Gasteiger partial charge on any atom is 0.337 e. The van der Waals surface area contributed by atoms with Gasteiger partial charge >= 0.3 is 5.97 Å². The van der Waals surface area contributed by atoms with Crippen molar-refractivity contribution in [2.24, 2.45) is 0 Å².